The first kappa shape index (κ1) is 50.8. The fraction of sp³-hybridized carbons (Fsp3) is 0.618. The molecule has 4 aliphatic rings. The van der Waals surface area contributed by atoms with Gasteiger partial charge in [-0.3, -0.25) is 14.4 Å². The Hall–Kier alpha value is -4.61. The van der Waals surface area contributed by atoms with E-state index in [9.17, 15) is 24.6 Å². The normalized spacial score (nSPS) is 26.2. The summed E-state index contributed by atoms with van der Waals surface area (Å²) in [6, 6.07) is 0. The van der Waals surface area contributed by atoms with Gasteiger partial charge in [0.15, 0.2) is 5.78 Å². The van der Waals surface area contributed by atoms with Gasteiger partial charge in [-0.05, 0) is 107 Å². The number of aromatic nitrogens is 2. The monoisotopic (exact) mass is 909 g/mol. The molecule has 2 fully saturated rings. The maximum atomic E-state index is 14.4. The van der Waals surface area contributed by atoms with Crippen molar-refractivity contribution in [3.8, 4) is 0 Å². The molecule has 362 valence electrons. The van der Waals surface area contributed by atoms with Crippen LogP contribution in [0.4, 0.5) is 0 Å². The zero-order chi connectivity index (χ0) is 48.0. The Morgan fingerprint density at radius 2 is 1.42 bits per heavy atom. The lowest BCUT2D eigenvalue weighted by Crippen LogP contribution is -2.25. The Kier molecular flexibility index (Phi) is 17.3. The molecule has 11 nitrogen and oxygen atoms in total. The Labute approximate surface area is 394 Å². The molecule has 1 aliphatic carbocycles. The number of carbonyl (C=O) groups excluding carboxylic acids is 3. The second kappa shape index (κ2) is 22.5. The van der Waals surface area contributed by atoms with Gasteiger partial charge < -0.3 is 40.3 Å². The van der Waals surface area contributed by atoms with E-state index in [4.69, 9.17) is 9.47 Å². The van der Waals surface area contributed by atoms with Crippen LogP contribution in [0, 0.1) is 61.2 Å². The number of H-pyrrole nitrogens is 2. The SMILES string of the molecule is CC[C@H]1/C2=C\c3[nH]c4c(c3C)C(=O)[C@H](C(=O)OC)/C4=C3/N/C(=C\c4[nH]c(c(C(C)O)c4C)/C=C(/N2)[C@@H]1CO)[C@@H](C)[C@@H]3CCC(=O)OC/C=C(\C)CCC[C@H](C)CCC[C@H](C)CCCC(C)C. The lowest BCUT2D eigenvalue weighted by Gasteiger charge is -2.19. The van der Waals surface area contributed by atoms with Gasteiger partial charge in [-0.25, -0.2) is 0 Å². The number of aromatic amines is 2. The number of hydrogen-bond acceptors (Lipinski definition) is 9. The van der Waals surface area contributed by atoms with Crippen LogP contribution < -0.4 is 10.6 Å². The van der Waals surface area contributed by atoms with E-state index in [-0.39, 0.29) is 55.1 Å². The van der Waals surface area contributed by atoms with Crippen LogP contribution >= 0.6 is 0 Å². The smallest absolute Gasteiger partial charge is 0.321 e. The largest absolute Gasteiger partial charge is 0.468 e. The summed E-state index contributed by atoms with van der Waals surface area (Å²) in [5.41, 5.74) is 10.7. The molecule has 0 amide bonds. The van der Waals surface area contributed by atoms with Crippen molar-refractivity contribution in [1.29, 1.82) is 0 Å². The second-order valence-electron chi connectivity index (χ2n) is 20.6. The highest BCUT2D eigenvalue weighted by atomic mass is 16.5. The highest BCUT2D eigenvalue weighted by molar-refractivity contribution is 6.24. The number of esters is 2. The average molecular weight is 909 g/mol. The van der Waals surface area contributed by atoms with E-state index in [1.54, 1.807) is 6.92 Å². The Balaban J connectivity index is 1.22. The van der Waals surface area contributed by atoms with E-state index in [2.05, 4.69) is 69.1 Å². The number of aliphatic hydroxyl groups excluding tert-OH is 2. The Bertz CT molecular complexity index is 2250. The standard InChI is InChI=1S/C55H80N4O7/c1-12-38-40(29-60)45-28-46-48(37(10)61)35(8)42(56-46)26-41-34(7)39(52(58-41)50-51(55(64)65-11)54(63)49-36(9)43(59-53(49)50)27-44(38)57-45)22-23-47(62)66-25-24-33(6)21-15-20-32(5)19-14-18-31(4)17-13-16-30(2)3/h24,26-28,30-32,34,37-40,51,56-61H,12-23,25,29H2,1-11H3/b33-24+,41-26-,44-27+,45-28+,52-50-/t31-,32-,34+,37?,38-,39+,40-,51-/m1/s1. The molecule has 8 atom stereocenters. The molecule has 6 rings (SSSR count). The Morgan fingerprint density at radius 3 is 2.06 bits per heavy atom. The zero-order valence-electron chi connectivity index (χ0n) is 41.8. The third-order valence-corrected chi connectivity index (χ3v) is 15.2. The number of Topliss-reactive ketones (excluding diaryl/α,β-unsaturated/α-hetero) is 1. The highest BCUT2D eigenvalue weighted by Gasteiger charge is 2.49. The minimum Gasteiger partial charge on any atom is -0.468 e. The lowest BCUT2D eigenvalue weighted by atomic mass is 9.85. The van der Waals surface area contributed by atoms with Crippen LogP contribution in [0.5, 0.6) is 0 Å². The third kappa shape index (κ3) is 11.2. The van der Waals surface area contributed by atoms with E-state index in [0.29, 0.717) is 34.9 Å². The van der Waals surface area contributed by atoms with Crippen molar-refractivity contribution in [2.24, 2.45) is 47.3 Å². The topological polar surface area (TPSA) is 166 Å². The molecule has 2 saturated heterocycles. The van der Waals surface area contributed by atoms with Gasteiger partial charge in [0.05, 0.1) is 25.5 Å². The summed E-state index contributed by atoms with van der Waals surface area (Å²) in [5, 5.41) is 29.1. The van der Waals surface area contributed by atoms with Gasteiger partial charge in [-0.15, -0.1) is 0 Å². The molecule has 0 spiro atoms. The molecule has 66 heavy (non-hydrogen) atoms. The number of rotatable bonds is 21. The molecule has 5 heterocycles. The van der Waals surface area contributed by atoms with Crippen LogP contribution in [0.25, 0.3) is 23.8 Å². The number of nitrogens with one attached hydrogen (secondary N) is 4. The first-order chi connectivity index (χ1) is 31.5. The van der Waals surface area contributed by atoms with E-state index < -0.39 is 18.0 Å². The lowest BCUT2D eigenvalue weighted by molar-refractivity contribution is -0.143. The van der Waals surface area contributed by atoms with Gasteiger partial charge in [-0.1, -0.05) is 92.1 Å². The molecular weight excluding hydrogens is 829 g/mol. The number of carbonyl (C=O) groups is 3. The minimum absolute atomic E-state index is 0.0349. The van der Waals surface area contributed by atoms with Crippen molar-refractivity contribution in [2.75, 3.05) is 20.3 Å². The van der Waals surface area contributed by atoms with Crippen molar-refractivity contribution in [2.45, 2.75) is 152 Å². The number of fused-ring (bicyclic) bond motifs is 7. The third-order valence-electron chi connectivity index (χ3n) is 15.2. The maximum Gasteiger partial charge on any atom is 0.321 e. The van der Waals surface area contributed by atoms with Crippen LogP contribution in [0.2, 0.25) is 0 Å². The van der Waals surface area contributed by atoms with E-state index in [1.165, 1.54) is 57.6 Å². The van der Waals surface area contributed by atoms with Gasteiger partial charge in [0.1, 0.15) is 12.5 Å². The van der Waals surface area contributed by atoms with E-state index in [0.717, 1.165) is 82.0 Å². The summed E-state index contributed by atoms with van der Waals surface area (Å²) in [6.45, 7) is 21.5. The fourth-order valence-corrected chi connectivity index (χ4v) is 11.1. The van der Waals surface area contributed by atoms with Gasteiger partial charge in [0.2, 0.25) is 0 Å². The highest BCUT2D eigenvalue weighted by Crippen LogP contribution is 2.49. The average Bonchev–Trinajstić information content (AvgIpc) is 4.02. The summed E-state index contributed by atoms with van der Waals surface area (Å²) in [6.07, 6.45) is 19.8. The summed E-state index contributed by atoms with van der Waals surface area (Å²) in [4.78, 5) is 48.7. The van der Waals surface area contributed by atoms with Crippen LogP contribution in [0.15, 0.2) is 34.4 Å². The predicted molar refractivity (Wildman–Crippen MR) is 264 cm³/mol. The fourth-order valence-electron chi connectivity index (χ4n) is 11.1. The van der Waals surface area contributed by atoms with Crippen LogP contribution in [0.1, 0.15) is 188 Å². The molecule has 6 N–H and O–H groups in total. The number of hydrogen-bond donors (Lipinski definition) is 6. The predicted octanol–water partition coefficient (Wildman–Crippen LogP) is 11.2. The number of methoxy groups -OCH3 is 1. The first-order valence-corrected chi connectivity index (χ1v) is 25.1. The van der Waals surface area contributed by atoms with Gasteiger partial charge in [-0.2, -0.15) is 0 Å². The minimum atomic E-state index is -1.19. The van der Waals surface area contributed by atoms with E-state index in [1.807, 2.05) is 38.2 Å². The second-order valence-corrected chi connectivity index (χ2v) is 20.6. The maximum absolute atomic E-state index is 14.4. The van der Waals surface area contributed by atoms with Crippen LogP contribution in [-0.2, 0) is 19.1 Å². The van der Waals surface area contributed by atoms with Crippen LogP contribution in [-0.4, -0.2) is 58.2 Å². The molecular formula is C55H80N4O7. The Morgan fingerprint density at radius 1 is 0.803 bits per heavy atom. The molecule has 0 aromatic carbocycles. The summed E-state index contributed by atoms with van der Waals surface area (Å²) >= 11 is 0. The molecule has 1 unspecified atom stereocenters. The molecule has 0 radical (unpaired) electrons. The zero-order valence-corrected chi connectivity index (χ0v) is 41.8. The van der Waals surface area contributed by atoms with Crippen molar-refractivity contribution >= 4 is 41.5 Å². The summed E-state index contributed by atoms with van der Waals surface area (Å²) < 4.78 is 11.1. The number of allylic oxidation sites excluding steroid dienone is 4. The van der Waals surface area contributed by atoms with Crippen LogP contribution in [0.3, 0.4) is 0 Å². The first-order valence-electron chi connectivity index (χ1n) is 25.1. The molecule has 0 saturated carbocycles. The number of ketones is 1. The number of ether oxygens (including phenoxy) is 2. The van der Waals surface area contributed by atoms with Gasteiger partial charge in [0, 0.05) is 86.7 Å². The summed E-state index contributed by atoms with van der Waals surface area (Å²) in [5.74, 6) is -0.834. The van der Waals surface area contributed by atoms with Gasteiger partial charge >= 0.3 is 11.9 Å². The number of aliphatic hydroxyl groups is 2. The molecule has 2 aromatic rings. The van der Waals surface area contributed by atoms with Gasteiger partial charge in [0.25, 0.3) is 0 Å². The molecule has 11 heteroatoms. The molecule has 3 aliphatic heterocycles. The van der Waals surface area contributed by atoms with E-state index >= 15 is 0 Å². The molecule has 2 aromatic heterocycles. The van der Waals surface area contributed by atoms with Crippen molar-refractivity contribution in [3.63, 3.8) is 0 Å². The van der Waals surface area contributed by atoms with Crippen molar-refractivity contribution in [3.05, 3.63) is 79.5 Å². The summed E-state index contributed by atoms with van der Waals surface area (Å²) in [7, 11) is 1.30. The molecule has 8 bridgehead atoms. The quantitative estimate of drug-likeness (QED) is 0.0406. The van der Waals surface area contributed by atoms with Crippen molar-refractivity contribution in [1.82, 2.24) is 20.6 Å². The van der Waals surface area contributed by atoms with Crippen molar-refractivity contribution < 1.29 is 34.1 Å².